The van der Waals surface area contributed by atoms with E-state index in [0.717, 1.165) is 56.2 Å². The Balaban J connectivity index is 1.60. The quantitative estimate of drug-likeness (QED) is 0.843. The Labute approximate surface area is 143 Å². The van der Waals surface area contributed by atoms with Gasteiger partial charge in [-0.25, -0.2) is 8.42 Å². The molecular weight excluding hydrogens is 324 g/mol. The highest BCUT2D eigenvalue weighted by molar-refractivity contribution is 7.89. The molecule has 130 valence electrons. The van der Waals surface area contributed by atoms with Gasteiger partial charge in [0.25, 0.3) is 0 Å². The maximum atomic E-state index is 12.9. The molecule has 1 saturated carbocycles. The van der Waals surface area contributed by atoms with Gasteiger partial charge >= 0.3 is 0 Å². The zero-order valence-electron chi connectivity index (χ0n) is 13.9. The Hall–Kier alpha value is -1.40. The molecule has 2 heterocycles. The molecule has 24 heavy (non-hydrogen) atoms. The average Bonchev–Trinajstić information content (AvgIpc) is 3.37. The standard InChI is InChI=1S/C18H24N2O3S/c21-18(14-5-6-14)20-12-9-15-13-16(7-8-17(15)20)24(22,23)19-10-3-1-2-4-11-19/h7-8,13-14H,1-6,9-12H2. The van der Waals surface area contributed by atoms with Gasteiger partial charge in [-0.2, -0.15) is 4.31 Å². The zero-order valence-corrected chi connectivity index (χ0v) is 14.7. The number of hydrogen-bond donors (Lipinski definition) is 0. The van der Waals surface area contributed by atoms with E-state index in [1.54, 1.807) is 16.4 Å². The highest BCUT2D eigenvalue weighted by Gasteiger charge is 2.37. The molecule has 3 aliphatic rings. The van der Waals surface area contributed by atoms with Gasteiger partial charge in [0.2, 0.25) is 15.9 Å². The normalized spacial score (nSPS) is 22.2. The molecule has 1 amide bonds. The van der Waals surface area contributed by atoms with E-state index < -0.39 is 10.0 Å². The van der Waals surface area contributed by atoms with Gasteiger partial charge in [-0.3, -0.25) is 4.79 Å². The van der Waals surface area contributed by atoms with Crippen molar-refractivity contribution in [3.05, 3.63) is 23.8 Å². The second-order valence-corrected chi connectivity index (χ2v) is 9.06. The van der Waals surface area contributed by atoms with Crippen molar-refractivity contribution in [2.24, 2.45) is 5.92 Å². The van der Waals surface area contributed by atoms with E-state index in [-0.39, 0.29) is 11.8 Å². The summed E-state index contributed by atoms with van der Waals surface area (Å²) in [5.74, 6) is 0.397. The molecule has 0 bridgehead atoms. The van der Waals surface area contributed by atoms with Gasteiger partial charge in [-0.05, 0) is 55.9 Å². The zero-order chi connectivity index (χ0) is 16.7. The third kappa shape index (κ3) is 2.86. The molecule has 0 N–H and O–H groups in total. The summed E-state index contributed by atoms with van der Waals surface area (Å²) >= 11 is 0. The first-order valence-corrected chi connectivity index (χ1v) is 10.5. The van der Waals surface area contributed by atoms with Crippen LogP contribution in [-0.4, -0.2) is 38.3 Å². The summed E-state index contributed by atoms with van der Waals surface area (Å²) in [5.41, 5.74) is 1.89. The van der Waals surface area contributed by atoms with Gasteiger partial charge in [-0.15, -0.1) is 0 Å². The molecule has 1 aromatic carbocycles. The number of carbonyl (C=O) groups excluding carboxylic acids is 1. The molecule has 0 atom stereocenters. The van der Waals surface area contributed by atoms with Crippen molar-refractivity contribution in [2.75, 3.05) is 24.5 Å². The van der Waals surface area contributed by atoms with Crippen LogP contribution in [0, 0.1) is 5.92 Å². The van der Waals surface area contributed by atoms with Crippen LogP contribution >= 0.6 is 0 Å². The van der Waals surface area contributed by atoms with Gasteiger partial charge in [0.15, 0.2) is 0 Å². The Kier molecular flexibility index (Phi) is 4.12. The minimum Gasteiger partial charge on any atom is -0.312 e. The minimum atomic E-state index is -3.42. The first kappa shape index (κ1) is 16.1. The maximum absolute atomic E-state index is 12.9. The van der Waals surface area contributed by atoms with Crippen LogP contribution in [0.5, 0.6) is 0 Å². The SMILES string of the molecule is O=C(C1CC1)N1CCc2cc(S(=O)(=O)N3CCCCCC3)ccc21. The second-order valence-electron chi connectivity index (χ2n) is 7.12. The molecule has 4 rings (SSSR count). The van der Waals surface area contributed by atoms with Gasteiger partial charge in [0, 0.05) is 31.2 Å². The van der Waals surface area contributed by atoms with Crippen molar-refractivity contribution in [3.8, 4) is 0 Å². The topological polar surface area (TPSA) is 57.7 Å². The van der Waals surface area contributed by atoms with Gasteiger partial charge in [-0.1, -0.05) is 12.8 Å². The third-order valence-corrected chi connectivity index (χ3v) is 7.24. The van der Waals surface area contributed by atoms with Gasteiger partial charge < -0.3 is 4.90 Å². The Morgan fingerprint density at radius 3 is 2.38 bits per heavy atom. The number of rotatable bonds is 3. The van der Waals surface area contributed by atoms with Crippen LogP contribution in [-0.2, 0) is 21.2 Å². The molecule has 0 unspecified atom stereocenters. The highest BCUT2D eigenvalue weighted by Crippen LogP contribution is 2.37. The van der Waals surface area contributed by atoms with Crippen molar-refractivity contribution in [1.29, 1.82) is 0 Å². The van der Waals surface area contributed by atoms with Crippen molar-refractivity contribution in [3.63, 3.8) is 0 Å². The van der Waals surface area contributed by atoms with Crippen molar-refractivity contribution >= 4 is 21.6 Å². The molecule has 0 aromatic heterocycles. The van der Waals surface area contributed by atoms with Crippen LogP contribution in [0.2, 0.25) is 0 Å². The predicted molar refractivity (Wildman–Crippen MR) is 92.4 cm³/mol. The van der Waals surface area contributed by atoms with Crippen LogP contribution in [0.15, 0.2) is 23.1 Å². The molecule has 5 nitrogen and oxygen atoms in total. The predicted octanol–water partition coefficient (Wildman–Crippen LogP) is 2.55. The smallest absolute Gasteiger partial charge is 0.243 e. The lowest BCUT2D eigenvalue weighted by molar-refractivity contribution is -0.119. The molecular formula is C18H24N2O3S. The number of amides is 1. The number of sulfonamides is 1. The van der Waals surface area contributed by atoms with E-state index >= 15 is 0 Å². The van der Waals surface area contributed by atoms with Gasteiger partial charge in [0.05, 0.1) is 4.90 Å². The van der Waals surface area contributed by atoms with Crippen LogP contribution < -0.4 is 4.90 Å². The molecule has 1 aromatic rings. The molecule has 2 fully saturated rings. The Bertz CT molecular complexity index is 748. The number of carbonyl (C=O) groups is 1. The minimum absolute atomic E-state index is 0.191. The van der Waals surface area contributed by atoms with E-state index in [1.807, 2.05) is 11.0 Å². The van der Waals surface area contributed by atoms with E-state index in [1.165, 1.54) is 0 Å². The summed E-state index contributed by atoms with van der Waals surface area (Å²) in [6.45, 7) is 1.91. The molecule has 6 heteroatoms. The summed E-state index contributed by atoms with van der Waals surface area (Å²) in [5, 5.41) is 0. The van der Waals surface area contributed by atoms with Gasteiger partial charge in [0.1, 0.15) is 0 Å². The lowest BCUT2D eigenvalue weighted by Gasteiger charge is -2.21. The number of anilines is 1. The fraction of sp³-hybridized carbons (Fsp3) is 0.611. The summed E-state index contributed by atoms with van der Waals surface area (Å²) in [4.78, 5) is 14.6. The fourth-order valence-electron chi connectivity index (χ4n) is 3.75. The van der Waals surface area contributed by atoms with Crippen LogP contribution in [0.3, 0.4) is 0 Å². The largest absolute Gasteiger partial charge is 0.312 e. The second kappa shape index (κ2) is 6.15. The number of fused-ring (bicyclic) bond motifs is 1. The molecule has 0 spiro atoms. The molecule has 1 aliphatic carbocycles. The van der Waals surface area contributed by atoms with Crippen molar-refractivity contribution in [1.82, 2.24) is 4.31 Å². The summed E-state index contributed by atoms with van der Waals surface area (Å²) in [7, 11) is -3.42. The fourth-order valence-corrected chi connectivity index (χ4v) is 5.32. The lowest BCUT2D eigenvalue weighted by atomic mass is 10.2. The first-order valence-electron chi connectivity index (χ1n) is 9.02. The number of benzene rings is 1. The average molecular weight is 348 g/mol. The van der Waals surface area contributed by atoms with Crippen molar-refractivity contribution < 1.29 is 13.2 Å². The summed E-state index contributed by atoms with van der Waals surface area (Å²) in [6.07, 6.45) is 6.82. The van der Waals surface area contributed by atoms with E-state index in [9.17, 15) is 13.2 Å². The monoisotopic (exact) mass is 348 g/mol. The van der Waals surface area contributed by atoms with E-state index in [2.05, 4.69) is 0 Å². The van der Waals surface area contributed by atoms with Crippen molar-refractivity contribution in [2.45, 2.75) is 49.8 Å². The molecule has 2 aliphatic heterocycles. The number of nitrogens with zero attached hydrogens (tertiary/aromatic N) is 2. The van der Waals surface area contributed by atoms with E-state index in [0.29, 0.717) is 24.5 Å². The first-order chi connectivity index (χ1) is 11.6. The van der Waals surface area contributed by atoms with Crippen LogP contribution in [0.4, 0.5) is 5.69 Å². The summed E-state index contributed by atoms with van der Waals surface area (Å²) < 4.78 is 27.5. The lowest BCUT2D eigenvalue weighted by Crippen LogP contribution is -2.32. The Morgan fingerprint density at radius 1 is 1.00 bits per heavy atom. The summed E-state index contributed by atoms with van der Waals surface area (Å²) in [6, 6.07) is 5.29. The highest BCUT2D eigenvalue weighted by atomic mass is 32.2. The maximum Gasteiger partial charge on any atom is 0.243 e. The molecule has 1 saturated heterocycles. The van der Waals surface area contributed by atoms with E-state index in [4.69, 9.17) is 0 Å². The molecule has 0 radical (unpaired) electrons. The van der Waals surface area contributed by atoms with Crippen LogP contribution in [0.1, 0.15) is 44.1 Å². The Morgan fingerprint density at radius 2 is 1.71 bits per heavy atom. The number of hydrogen-bond acceptors (Lipinski definition) is 3. The third-order valence-electron chi connectivity index (χ3n) is 5.34. The van der Waals surface area contributed by atoms with Crippen LogP contribution in [0.25, 0.3) is 0 Å².